The lowest BCUT2D eigenvalue weighted by Crippen LogP contribution is -2.17. The van der Waals surface area contributed by atoms with E-state index in [1.165, 1.54) is 11.3 Å². The third-order valence-corrected chi connectivity index (χ3v) is 4.23. The fourth-order valence-corrected chi connectivity index (χ4v) is 2.71. The number of halogens is 1. The molecule has 0 fully saturated rings. The normalized spacial score (nSPS) is 9.76. The third kappa shape index (κ3) is 8.67. The summed E-state index contributed by atoms with van der Waals surface area (Å²) in [6, 6.07) is 15.9. The second kappa shape index (κ2) is 13.7. The molecule has 0 aliphatic carbocycles. The zero-order valence-electron chi connectivity index (χ0n) is 18.1. The molecule has 0 aliphatic rings. The van der Waals surface area contributed by atoms with E-state index in [-0.39, 0.29) is 6.61 Å². The minimum absolute atomic E-state index is 0.0858. The third-order valence-electron chi connectivity index (χ3n) is 4.00. The molecule has 0 saturated heterocycles. The Balaban J connectivity index is 0.000000273. The largest absolute Gasteiger partial charge is 0.396 e. The van der Waals surface area contributed by atoms with Gasteiger partial charge in [-0.25, -0.2) is 4.98 Å². The van der Waals surface area contributed by atoms with Crippen LogP contribution < -0.4 is 4.90 Å². The van der Waals surface area contributed by atoms with E-state index in [4.69, 9.17) is 16.7 Å². The summed E-state index contributed by atoms with van der Waals surface area (Å²) in [5, 5.41) is 16.4. The zero-order valence-corrected chi connectivity index (χ0v) is 18.9. The topological polar surface area (TPSA) is 65.0 Å². The van der Waals surface area contributed by atoms with E-state index in [0.29, 0.717) is 18.1 Å². The van der Waals surface area contributed by atoms with Crippen LogP contribution in [0.3, 0.4) is 0 Å². The molecule has 0 bridgehead atoms. The number of aryl methyl sites for hydroxylation is 1. The number of aromatic amines is 1. The molecule has 1 heterocycles. The molecule has 0 amide bonds. The molecule has 0 spiro atoms. The Labute approximate surface area is 179 Å². The molecule has 2 N–H and O–H groups in total. The van der Waals surface area contributed by atoms with Gasteiger partial charge in [0.1, 0.15) is 5.82 Å². The first-order valence-corrected chi connectivity index (χ1v) is 10.5. The summed E-state index contributed by atoms with van der Waals surface area (Å²) in [7, 11) is 2.08. The summed E-state index contributed by atoms with van der Waals surface area (Å²) in [5.74, 6) is 1.39. The molecule has 0 atom stereocenters. The summed E-state index contributed by atoms with van der Waals surface area (Å²) in [5.41, 5.74) is 3.38. The first kappa shape index (κ1) is 24.7. The van der Waals surface area contributed by atoms with Gasteiger partial charge in [0.2, 0.25) is 0 Å². The predicted molar refractivity (Wildman–Crippen MR) is 124 cm³/mol. The van der Waals surface area contributed by atoms with Crippen molar-refractivity contribution < 1.29 is 5.11 Å². The number of aliphatic hydroxyl groups excluding tert-OH is 1. The zero-order chi connectivity index (χ0) is 21.6. The van der Waals surface area contributed by atoms with Crippen LogP contribution in [0.25, 0.3) is 11.4 Å². The van der Waals surface area contributed by atoms with Crippen molar-refractivity contribution in [2.24, 2.45) is 0 Å². The Morgan fingerprint density at radius 1 is 1.10 bits per heavy atom. The Morgan fingerprint density at radius 3 is 2.38 bits per heavy atom. The van der Waals surface area contributed by atoms with Crippen molar-refractivity contribution in [3.8, 4) is 11.4 Å². The molecule has 158 valence electrons. The summed E-state index contributed by atoms with van der Waals surface area (Å²) < 4.78 is 0. The maximum absolute atomic E-state index is 8.75. The van der Waals surface area contributed by atoms with Crippen molar-refractivity contribution in [2.45, 2.75) is 40.5 Å². The average Bonchev–Trinajstić information content (AvgIpc) is 3.20. The van der Waals surface area contributed by atoms with Crippen LogP contribution in [0.1, 0.15) is 38.6 Å². The molecule has 1 aromatic heterocycles. The molecule has 0 aliphatic heterocycles. The number of benzene rings is 2. The molecular formula is C23H33ClN4O. The number of hydrogen-bond donors (Lipinski definition) is 2. The fraction of sp³-hybridized carbons (Fsp3) is 0.391. The number of anilines is 1. The molecule has 0 saturated carbocycles. The van der Waals surface area contributed by atoms with Gasteiger partial charge in [0, 0.05) is 36.3 Å². The van der Waals surface area contributed by atoms with Crippen molar-refractivity contribution >= 4 is 17.3 Å². The Morgan fingerprint density at radius 2 is 1.79 bits per heavy atom. The summed E-state index contributed by atoms with van der Waals surface area (Å²) >= 11 is 5.86. The molecule has 29 heavy (non-hydrogen) atoms. The van der Waals surface area contributed by atoms with Crippen molar-refractivity contribution in [3.05, 3.63) is 64.9 Å². The lowest BCUT2D eigenvalue weighted by atomic mass is 10.1. The molecule has 2 aromatic carbocycles. The van der Waals surface area contributed by atoms with Crippen LogP contribution in [0.15, 0.2) is 48.5 Å². The van der Waals surface area contributed by atoms with Gasteiger partial charge >= 0.3 is 0 Å². The second-order valence-electron chi connectivity index (χ2n) is 6.35. The molecular weight excluding hydrogens is 384 g/mol. The van der Waals surface area contributed by atoms with Gasteiger partial charge in [0.05, 0.1) is 6.61 Å². The van der Waals surface area contributed by atoms with Crippen LogP contribution in [-0.2, 0) is 6.42 Å². The maximum Gasteiger partial charge on any atom is 0.181 e. The van der Waals surface area contributed by atoms with Crippen LogP contribution >= 0.6 is 11.6 Å². The van der Waals surface area contributed by atoms with Crippen LogP contribution in [0.2, 0.25) is 5.02 Å². The van der Waals surface area contributed by atoms with Crippen LogP contribution in [0, 0.1) is 6.92 Å². The van der Waals surface area contributed by atoms with Crippen molar-refractivity contribution in [3.63, 3.8) is 0 Å². The van der Waals surface area contributed by atoms with E-state index in [2.05, 4.69) is 40.1 Å². The highest BCUT2D eigenvalue weighted by Crippen LogP contribution is 2.18. The monoisotopic (exact) mass is 416 g/mol. The second-order valence-corrected chi connectivity index (χ2v) is 6.78. The van der Waals surface area contributed by atoms with E-state index in [9.17, 15) is 0 Å². The molecule has 6 heteroatoms. The van der Waals surface area contributed by atoms with Crippen LogP contribution in [-0.4, -0.2) is 40.5 Å². The smallest absolute Gasteiger partial charge is 0.181 e. The van der Waals surface area contributed by atoms with Crippen molar-refractivity contribution in [2.75, 3.05) is 25.1 Å². The maximum atomic E-state index is 8.75. The predicted octanol–water partition coefficient (Wildman–Crippen LogP) is 5.53. The van der Waals surface area contributed by atoms with E-state index in [1.54, 1.807) is 0 Å². The average molecular weight is 417 g/mol. The van der Waals surface area contributed by atoms with Gasteiger partial charge < -0.3 is 10.0 Å². The number of nitrogens with one attached hydrogen (secondary N) is 1. The molecule has 3 rings (SSSR count). The number of aliphatic hydroxyl groups is 1. The first-order valence-electron chi connectivity index (χ1n) is 10.1. The first-order chi connectivity index (χ1) is 14.0. The van der Waals surface area contributed by atoms with Crippen LogP contribution in [0.5, 0.6) is 0 Å². The van der Waals surface area contributed by atoms with Gasteiger partial charge in [0.15, 0.2) is 5.82 Å². The van der Waals surface area contributed by atoms with Gasteiger partial charge in [-0.2, -0.15) is 5.10 Å². The molecule has 0 unspecified atom stereocenters. The Bertz CT molecular complexity index is 818. The number of aromatic nitrogens is 3. The molecule has 0 radical (unpaired) electrons. The van der Waals surface area contributed by atoms with E-state index >= 15 is 0 Å². The Kier molecular flexibility index (Phi) is 11.7. The highest BCUT2D eigenvalue weighted by molar-refractivity contribution is 6.30. The van der Waals surface area contributed by atoms with Gasteiger partial charge in [-0.15, -0.1) is 0 Å². The summed E-state index contributed by atoms with van der Waals surface area (Å²) in [4.78, 5) is 6.47. The van der Waals surface area contributed by atoms with Crippen molar-refractivity contribution in [1.82, 2.24) is 15.2 Å². The minimum atomic E-state index is 0.0858. The number of H-pyrrole nitrogens is 1. The lowest BCUT2D eigenvalue weighted by Gasteiger charge is -2.18. The van der Waals surface area contributed by atoms with Gasteiger partial charge in [-0.1, -0.05) is 68.3 Å². The highest BCUT2D eigenvalue weighted by Gasteiger charge is 2.04. The Hall–Kier alpha value is -2.37. The number of hydrogen-bond acceptors (Lipinski definition) is 4. The van der Waals surface area contributed by atoms with Gasteiger partial charge in [-0.05, 0) is 31.5 Å². The van der Waals surface area contributed by atoms with Gasteiger partial charge in [0.25, 0.3) is 0 Å². The summed E-state index contributed by atoms with van der Waals surface area (Å²) in [6.07, 6.45) is 1.67. The minimum Gasteiger partial charge on any atom is -0.396 e. The molecule has 3 aromatic rings. The highest BCUT2D eigenvalue weighted by atomic mass is 35.5. The molecule has 5 nitrogen and oxygen atoms in total. The number of rotatable bonds is 6. The fourth-order valence-electron chi connectivity index (χ4n) is 2.52. The number of nitrogens with zero attached hydrogens (tertiary/aromatic N) is 3. The van der Waals surface area contributed by atoms with Crippen molar-refractivity contribution in [1.29, 1.82) is 0 Å². The van der Waals surface area contributed by atoms with E-state index in [1.807, 2.05) is 63.2 Å². The van der Waals surface area contributed by atoms with E-state index in [0.717, 1.165) is 23.6 Å². The summed E-state index contributed by atoms with van der Waals surface area (Å²) in [6.45, 7) is 9.36. The van der Waals surface area contributed by atoms with Crippen LogP contribution in [0.4, 0.5) is 5.69 Å². The SMILES string of the molecule is CC.CCCN(C)c1cccc(Cl)c1.Cc1ccc(-c2n[nH]c(CCO)n2)cc1. The quantitative estimate of drug-likeness (QED) is 0.554. The van der Waals surface area contributed by atoms with Gasteiger partial charge in [-0.3, -0.25) is 5.10 Å². The lowest BCUT2D eigenvalue weighted by molar-refractivity contribution is 0.297. The standard InChI is InChI=1S/C11H13N3O.C10H14ClN.C2H6/c1-8-2-4-9(5-3-8)11-12-10(6-7-15)13-14-11;1-3-7-12(2)10-6-4-5-9(11)8-10;1-2/h2-5,15H,6-7H2,1H3,(H,12,13,14);4-6,8H,3,7H2,1-2H3;1-2H3. The van der Waals surface area contributed by atoms with E-state index < -0.39 is 0 Å².